The summed E-state index contributed by atoms with van der Waals surface area (Å²) < 4.78 is 0. The van der Waals surface area contributed by atoms with E-state index >= 15 is 0 Å². The molecule has 12 heavy (non-hydrogen) atoms. The Morgan fingerprint density at radius 2 is 1.92 bits per heavy atom. The lowest BCUT2D eigenvalue weighted by molar-refractivity contribution is 0.350. The van der Waals surface area contributed by atoms with Gasteiger partial charge in [0.05, 0.1) is 0 Å². The summed E-state index contributed by atoms with van der Waals surface area (Å²) in [7, 11) is 0. The highest BCUT2D eigenvalue weighted by atomic mass is 16.2. The van der Waals surface area contributed by atoms with Crippen LogP contribution in [0.15, 0.2) is 12.1 Å². The smallest absolute Gasteiger partial charge is 0.104 e. The van der Waals surface area contributed by atoms with Gasteiger partial charge in [0.2, 0.25) is 0 Å². The highest BCUT2D eigenvalue weighted by molar-refractivity contribution is 5.36. The first-order valence-electron chi connectivity index (χ1n) is 3.77. The number of hydrogen-bond acceptors (Lipinski definition) is 2. The Balaban J connectivity index is 3.01. The SMILES string of the molecule is Cc1cc(C#CCO)cc(C)n1. The minimum Gasteiger partial charge on any atom is -0.384 e. The molecule has 0 aliphatic heterocycles. The third-order valence-corrected chi connectivity index (χ3v) is 1.39. The molecule has 0 saturated carbocycles. The van der Waals surface area contributed by atoms with Crippen molar-refractivity contribution in [2.24, 2.45) is 0 Å². The molecule has 2 nitrogen and oxygen atoms in total. The first kappa shape index (κ1) is 8.76. The number of hydrogen-bond donors (Lipinski definition) is 1. The number of pyridine rings is 1. The van der Waals surface area contributed by atoms with Crippen molar-refractivity contribution in [3.05, 3.63) is 29.1 Å². The summed E-state index contributed by atoms with van der Waals surface area (Å²) >= 11 is 0. The molecule has 62 valence electrons. The summed E-state index contributed by atoms with van der Waals surface area (Å²) in [6.07, 6.45) is 0. The number of rotatable bonds is 0. The van der Waals surface area contributed by atoms with Gasteiger partial charge in [-0.25, -0.2) is 0 Å². The van der Waals surface area contributed by atoms with E-state index in [0.29, 0.717) is 0 Å². The van der Waals surface area contributed by atoms with Gasteiger partial charge >= 0.3 is 0 Å². The Morgan fingerprint density at radius 3 is 2.42 bits per heavy atom. The van der Waals surface area contributed by atoms with Crippen molar-refractivity contribution in [1.29, 1.82) is 0 Å². The molecule has 0 aliphatic rings. The normalized spacial score (nSPS) is 8.92. The minimum absolute atomic E-state index is 0.0968. The van der Waals surface area contributed by atoms with E-state index in [-0.39, 0.29) is 6.61 Å². The molecule has 1 aromatic heterocycles. The molecule has 0 bridgehead atoms. The van der Waals surface area contributed by atoms with E-state index in [1.165, 1.54) is 0 Å². The fourth-order valence-corrected chi connectivity index (χ4v) is 1.05. The molecule has 1 aromatic rings. The van der Waals surface area contributed by atoms with Gasteiger partial charge in [0, 0.05) is 17.0 Å². The quantitative estimate of drug-likeness (QED) is 0.577. The summed E-state index contributed by atoms with van der Waals surface area (Å²) in [4.78, 5) is 4.21. The molecule has 0 spiro atoms. The second-order valence-corrected chi connectivity index (χ2v) is 2.60. The topological polar surface area (TPSA) is 33.1 Å². The molecule has 0 unspecified atom stereocenters. The van der Waals surface area contributed by atoms with Crippen LogP contribution in [-0.2, 0) is 0 Å². The summed E-state index contributed by atoms with van der Waals surface area (Å²) in [5.74, 6) is 5.43. The zero-order valence-corrected chi connectivity index (χ0v) is 7.26. The second kappa shape index (κ2) is 3.89. The van der Waals surface area contributed by atoms with E-state index in [1.807, 2.05) is 26.0 Å². The molecule has 2 heteroatoms. The second-order valence-electron chi connectivity index (χ2n) is 2.60. The predicted octanol–water partition coefficient (Wildman–Crippen LogP) is 1.04. The average Bonchev–Trinajstić information content (AvgIpc) is 1.99. The molecule has 0 amide bonds. The molecule has 0 atom stereocenters. The third kappa shape index (κ3) is 2.37. The first-order valence-corrected chi connectivity index (χ1v) is 3.77. The van der Waals surface area contributed by atoms with Crippen molar-refractivity contribution >= 4 is 0 Å². The Bertz CT molecular complexity index is 313. The average molecular weight is 161 g/mol. The van der Waals surface area contributed by atoms with Gasteiger partial charge in [-0.2, -0.15) is 0 Å². The fourth-order valence-electron chi connectivity index (χ4n) is 1.05. The van der Waals surface area contributed by atoms with Gasteiger partial charge in [0.1, 0.15) is 6.61 Å². The molecule has 0 radical (unpaired) electrons. The lowest BCUT2D eigenvalue weighted by Crippen LogP contribution is -1.87. The van der Waals surface area contributed by atoms with Crippen LogP contribution in [0.5, 0.6) is 0 Å². The van der Waals surface area contributed by atoms with Gasteiger partial charge in [-0.3, -0.25) is 4.98 Å². The molecule has 1 N–H and O–H groups in total. The van der Waals surface area contributed by atoms with E-state index < -0.39 is 0 Å². The molecular weight excluding hydrogens is 150 g/mol. The Hall–Kier alpha value is -1.33. The van der Waals surface area contributed by atoms with Crippen molar-refractivity contribution in [3.8, 4) is 11.8 Å². The van der Waals surface area contributed by atoms with Crippen LogP contribution < -0.4 is 0 Å². The van der Waals surface area contributed by atoms with E-state index in [2.05, 4.69) is 16.8 Å². The van der Waals surface area contributed by atoms with E-state index in [4.69, 9.17) is 5.11 Å². The molecule has 0 saturated heterocycles. The standard InChI is InChI=1S/C10H11NO/c1-8-6-10(4-3-5-12)7-9(2)11-8/h6-7,12H,5H2,1-2H3. The number of aliphatic hydroxyl groups excluding tert-OH is 1. The summed E-state index contributed by atoms with van der Waals surface area (Å²) in [6, 6.07) is 3.80. The molecule has 1 rings (SSSR count). The van der Waals surface area contributed by atoms with Crippen LogP contribution >= 0.6 is 0 Å². The van der Waals surface area contributed by atoms with Crippen LogP contribution in [0.1, 0.15) is 17.0 Å². The highest BCUT2D eigenvalue weighted by Gasteiger charge is 1.92. The third-order valence-electron chi connectivity index (χ3n) is 1.39. The maximum absolute atomic E-state index is 8.48. The molecule has 0 aliphatic carbocycles. The highest BCUT2D eigenvalue weighted by Crippen LogP contribution is 2.02. The van der Waals surface area contributed by atoms with Crippen molar-refractivity contribution in [3.63, 3.8) is 0 Å². The number of aliphatic hydroxyl groups is 1. The van der Waals surface area contributed by atoms with Gasteiger partial charge in [-0.1, -0.05) is 11.8 Å². The van der Waals surface area contributed by atoms with Crippen LogP contribution in [-0.4, -0.2) is 16.7 Å². The van der Waals surface area contributed by atoms with Gasteiger partial charge in [-0.05, 0) is 26.0 Å². The van der Waals surface area contributed by atoms with Crippen LogP contribution in [0.2, 0.25) is 0 Å². The minimum atomic E-state index is -0.0968. The van der Waals surface area contributed by atoms with E-state index in [0.717, 1.165) is 17.0 Å². The summed E-state index contributed by atoms with van der Waals surface area (Å²) in [6.45, 7) is 3.76. The largest absolute Gasteiger partial charge is 0.384 e. The molecule has 0 fully saturated rings. The van der Waals surface area contributed by atoms with Crippen LogP contribution in [0.3, 0.4) is 0 Å². The monoisotopic (exact) mass is 161 g/mol. The van der Waals surface area contributed by atoms with Crippen molar-refractivity contribution in [2.45, 2.75) is 13.8 Å². The van der Waals surface area contributed by atoms with Crippen molar-refractivity contribution in [2.75, 3.05) is 6.61 Å². The van der Waals surface area contributed by atoms with Crippen LogP contribution in [0, 0.1) is 25.7 Å². The summed E-state index contributed by atoms with van der Waals surface area (Å²) in [5, 5.41) is 8.48. The van der Waals surface area contributed by atoms with Crippen molar-refractivity contribution < 1.29 is 5.11 Å². The number of aryl methyl sites for hydroxylation is 2. The van der Waals surface area contributed by atoms with Crippen LogP contribution in [0.25, 0.3) is 0 Å². The zero-order valence-electron chi connectivity index (χ0n) is 7.26. The molecular formula is C10H11NO. The summed E-state index contributed by atoms with van der Waals surface area (Å²) in [5.41, 5.74) is 2.82. The first-order chi connectivity index (χ1) is 5.72. The van der Waals surface area contributed by atoms with E-state index in [1.54, 1.807) is 0 Å². The Kier molecular flexibility index (Phi) is 2.84. The van der Waals surface area contributed by atoms with Crippen LogP contribution in [0.4, 0.5) is 0 Å². The maximum Gasteiger partial charge on any atom is 0.104 e. The van der Waals surface area contributed by atoms with Gasteiger partial charge in [-0.15, -0.1) is 0 Å². The van der Waals surface area contributed by atoms with Gasteiger partial charge in [0.25, 0.3) is 0 Å². The van der Waals surface area contributed by atoms with Gasteiger partial charge in [0.15, 0.2) is 0 Å². The van der Waals surface area contributed by atoms with E-state index in [9.17, 15) is 0 Å². The van der Waals surface area contributed by atoms with Crippen molar-refractivity contribution in [1.82, 2.24) is 4.98 Å². The Morgan fingerprint density at radius 1 is 1.33 bits per heavy atom. The Labute approximate surface area is 72.3 Å². The zero-order chi connectivity index (χ0) is 8.97. The predicted molar refractivity (Wildman–Crippen MR) is 47.7 cm³/mol. The lowest BCUT2D eigenvalue weighted by atomic mass is 10.2. The van der Waals surface area contributed by atoms with Gasteiger partial charge < -0.3 is 5.11 Å². The molecule has 1 heterocycles. The molecule has 0 aromatic carbocycles. The fraction of sp³-hybridized carbons (Fsp3) is 0.300. The number of nitrogens with zero attached hydrogens (tertiary/aromatic N) is 1. The number of aromatic nitrogens is 1. The lowest BCUT2D eigenvalue weighted by Gasteiger charge is -1.96. The maximum atomic E-state index is 8.48.